The fourth-order valence-corrected chi connectivity index (χ4v) is 2.08. The largest absolute Gasteiger partial charge is 0.197 e. The third-order valence-corrected chi connectivity index (χ3v) is 3.47. The molecule has 1 aromatic carbocycles. The molecule has 0 fully saturated rings. The van der Waals surface area contributed by atoms with Gasteiger partial charge in [-0.1, -0.05) is 30.0 Å². The second-order valence-corrected chi connectivity index (χ2v) is 4.31. The normalized spacial score (nSPS) is 13.6. The summed E-state index contributed by atoms with van der Waals surface area (Å²) >= 11 is 0. The zero-order valence-corrected chi connectivity index (χ0v) is 12.0. The van der Waals surface area contributed by atoms with Gasteiger partial charge in [-0.3, -0.25) is 0 Å². The van der Waals surface area contributed by atoms with Gasteiger partial charge in [-0.05, 0) is 26.3 Å². The minimum absolute atomic E-state index is 0. The summed E-state index contributed by atoms with van der Waals surface area (Å²) in [7, 11) is 0. The van der Waals surface area contributed by atoms with Crippen LogP contribution in [-0.2, 0) is 21.7 Å². The summed E-state index contributed by atoms with van der Waals surface area (Å²) in [4.78, 5) is 0. The molecule has 0 unspecified atom stereocenters. The molecule has 1 aromatic rings. The summed E-state index contributed by atoms with van der Waals surface area (Å²) in [6, 6.07) is 2.29. The molecule has 2 rings (SSSR count). The molecule has 0 nitrogen and oxygen atoms in total. The molecule has 0 saturated heterocycles. The standard InChI is InChI=1S/C15H17.Ti/c1-10-9-15(14-7-5-6-8-14)13(4)12(3)11(10)2;/h5,7,9H,6H2,1-4H3;/q-1;. The Bertz CT molecular complexity index is 465. The van der Waals surface area contributed by atoms with E-state index in [0.29, 0.717) is 0 Å². The minimum Gasteiger partial charge on any atom is -0.197 e. The molecule has 1 heteroatoms. The molecule has 0 amide bonds. The smallest absolute Gasteiger partial charge is 0 e. The molecular formula is C15H17Ti-. The first-order chi connectivity index (χ1) is 7.11. The Labute approximate surface area is 113 Å². The SMILES string of the molecule is Cc1cc(C2=[C-]CC=C2)c(C)c(C)c1C.[Ti]. The van der Waals surface area contributed by atoms with Crippen molar-refractivity contribution in [1.82, 2.24) is 0 Å². The number of hydrogen-bond donors (Lipinski definition) is 0. The third-order valence-electron chi connectivity index (χ3n) is 3.47. The van der Waals surface area contributed by atoms with Crippen molar-refractivity contribution in [2.75, 3.05) is 0 Å². The van der Waals surface area contributed by atoms with Crippen LogP contribution >= 0.6 is 0 Å². The average Bonchev–Trinajstić information content (AvgIpc) is 2.73. The monoisotopic (exact) mass is 245 g/mol. The van der Waals surface area contributed by atoms with Crippen LogP contribution in [0.4, 0.5) is 0 Å². The summed E-state index contributed by atoms with van der Waals surface area (Å²) in [5.41, 5.74) is 8.22. The zero-order valence-electron chi connectivity index (χ0n) is 10.4. The van der Waals surface area contributed by atoms with Crippen LogP contribution in [0.1, 0.15) is 34.2 Å². The fourth-order valence-electron chi connectivity index (χ4n) is 2.08. The van der Waals surface area contributed by atoms with Gasteiger partial charge >= 0.3 is 0 Å². The molecule has 16 heavy (non-hydrogen) atoms. The van der Waals surface area contributed by atoms with Crippen LogP contribution in [0.25, 0.3) is 5.57 Å². The van der Waals surface area contributed by atoms with Crippen molar-refractivity contribution in [3.05, 3.63) is 52.1 Å². The maximum atomic E-state index is 3.39. The Balaban J connectivity index is 0.00000128. The van der Waals surface area contributed by atoms with Gasteiger partial charge in [0.2, 0.25) is 0 Å². The van der Waals surface area contributed by atoms with Crippen molar-refractivity contribution in [1.29, 1.82) is 0 Å². The predicted molar refractivity (Wildman–Crippen MR) is 65.8 cm³/mol. The number of allylic oxidation sites excluding steroid dienone is 4. The average molecular weight is 245 g/mol. The molecule has 0 aromatic heterocycles. The summed E-state index contributed by atoms with van der Waals surface area (Å²) < 4.78 is 0. The van der Waals surface area contributed by atoms with Crippen molar-refractivity contribution < 1.29 is 21.7 Å². The maximum Gasteiger partial charge on any atom is 0 e. The Morgan fingerprint density at radius 1 is 1.00 bits per heavy atom. The summed E-state index contributed by atoms with van der Waals surface area (Å²) in [6.07, 6.45) is 8.70. The molecule has 0 saturated carbocycles. The molecule has 1 aliphatic rings. The molecule has 0 heterocycles. The number of benzene rings is 1. The van der Waals surface area contributed by atoms with E-state index in [2.05, 4.69) is 52.0 Å². The maximum absolute atomic E-state index is 3.39. The van der Waals surface area contributed by atoms with Gasteiger partial charge in [-0.2, -0.15) is 17.7 Å². The molecule has 0 atom stereocenters. The van der Waals surface area contributed by atoms with Gasteiger partial charge in [0.05, 0.1) is 0 Å². The molecular weight excluding hydrogens is 228 g/mol. The minimum atomic E-state index is 0. The van der Waals surface area contributed by atoms with E-state index in [1.807, 2.05) is 0 Å². The van der Waals surface area contributed by atoms with Crippen molar-refractivity contribution in [2.45, 2.75) is 34.1 Å². The van der Waals surface area contributed by atoms with Crippen molar-refractivity contribution in [3.63, 3.8) is 0 Å². The van der Waals surface area contributed by atoms with Crippen LogP contribution in [0, 0.1) is 33.8 Å². The Hall–Kier alpha value is -0.586. The molecule has 0 N–H and O–H groups in total. The van der Waals surface area contributed by atoms with E-state index < -0.39 is 0 Å². The first-order valence-electron chi connectivity index (χ1n) is 5.46. The van der Waals surface area contributed by atoms with Crippen LogP contribution in [-0.4, -0.2) is 0 Å². The van der Waals surface area contributed by atoms with Gasteiger partial charge in [-0.25, -0.2) is 0 Å². The Kier molecular flexibility index (Phi) is 4.35. The summed E-state index contributed by atoms with van der Waals surface area (Å²) in [5.74, 6) is 0. The second-order valence-electron chi connectivity index (χ2n) is 4.31. The molecule has 0 aliphatic heterocycles. The van der Waals surface area contributed by atoms with Crippen LogP contribution in [0.2, 0.25) is 0 Å². The van der Waals surface area contributed by atoms with E-state index in [-0.39, 0.29) is 21.7 Å². The van der Waals surface area contributed by atoms with Crippen LogP contribution in [0.5, 0.6) is 0 Å². The van der Waals surface area contributed by atoms with E-state index >= 15 is 0 Å². The van der Waals surface area contributed by atoms with Crippen LogP contribution in [0.3, 0.4) is 0 Å². The van der Waals surface area contributed by atoms with Gasteiger partial charge in [0.15, 0.2) is 0 Å². The first kappa shape index (κ1) is 13.5. The third kappa shape index (κ3) is 2.23. The molecule has 0 bridgehead atoms. The number of aryl methyl sites for hydroxylation is 1. The molecule has 1 aliphatic carbocycles. The van der Waals surface area contributed by atoms with Gasteiger partial charge in [0, 0.05) is 21.7 Å². The fraction of sp³-hybridized carbons (Fsp3) is 0.333. The quantitative estimate of drug-likeness (QED) is 0.517. The van der Waals surface area contributed by atoms with E-state index in [4.69, 9.17) is 0 Å². The van der Waals surface area contributed by atoms with Gasteiger partial charge < -0.3 is 0 Å². The van der Waals surface area contributed by atoms with Gasteiger partial charge in [0.1, 0.15) is 0 Å². The van der Waals surface area contributed by atoms with Gasteiger partial charge in [0.25, 0.3) is 0 Å². The Morgan fingerprint density at radius 2 is 1.69 bits per heavy atom. The van der Waals surface area contributed by atoms with Crippen molar-refractivity contribution in [2.24, 2.45) is 0 Å². The van der Waals surface area contributed by atoms with Crippen LogP contribution < -0.4 is 0 Å². The Morgan fingerprint density at radius 3 is 2.25 bits per heavy atom. The number of rotatable bonds is 1. The van der Waals surface area contributed by atoms with Crippen molar-refractivity contribution >= 4 is 5.57 Å². The predicted octanol–water partition coefficient (Wildman–Crippen LogP) is 4.06. The molecule has 82 valence electrons. The summed E-state index contributed by atoms with van der Waals surface area (Å²) in [5, 5.41) is 0. The first-order valence-corrected chi connectivity index (χ1v) is 5.46. The van der Waals surface area contributed by atoms with E-state index in [1.165, 1.54) is 33.4 Å². The van der Waals surface area contributed by atoms with Crippen molar-refractivity contribution in [3.8, 4) is 0 Å². The second kappa shape index (κ2) is 5.16. The topological polar surface area (TPSA) is 0 Å². The molecule has 0 radical (unpaired) electrons. The van der Waals surface area contributed by atoms with E-state index in [0.717, 1.165) is 6.42 Å². The van der Waals surface area contributed by atoms with Crippen LogP contribution in [0.15, 0.2) is 18.2 Å². The van der Waals surface area contributed by atoms with Gasteiger partial charge in [-0.15, -0.1) is 17.7 Å². The zero-order chi connectivity index (χ0) is 11.0. The van der Waals surface area contributed by atoms with E-state index in [1.54, 1.807) is 0 Å². The molecule has 0 spiro atoms. The van der Waals surface area contributed by atoms with E-state index in [9.17, 15) is 0 Å². The summed E-state index contributed by atoms with van der Waals surface area (Å²) in [6.45, 7) is 8.80. The number of hydrogen-bond acceptors (Lipinski definition) is 0.